The van der Waals surface area contributed by atoms with Gasteiger partial charge in [-0.2, -0.15) is 0 Å². The number of hydrogen-bond acceptors (Lipinski definition) is 5. The molecule has 7 nitrogen and oxygen atoms in total. The lowest BCUT2D eigenvalue weighted by molar-refractivity contribution is -0.139. The molecule has 0 aliphatic rings. The zero-order valence-electron chi connectivity index (χ0n) is 15.4. The number of hydrogen-bond donors (Lipinski definition) is 3. The van der Waals surface area contributed by atoms with Gasteiger partial charge in [-0.1, -0.05) is 19.9 Å². The Bertz CT molecular complexity index is 785. The zero-order valence-corrected chi connectivity index (χ0v) is 15.4. The van der Waals surface area contributed by atoms with Gasteiger partial charge in [-0.15, -0.1) is 0 Å². The molecule has 0 aliphatic heterocycles. The summed E-state index contributed by atoms with van der Waals surface area (Å²) in [6, 6.07) is 7.75. The number of carbonyl (C=O) groups is 2. The maximum absolute atomic E-state index is 12.4. The van der Waals surface area contributed by atoms with E-state index in [9.17, 15) is 14.7 Å². The molecule has 138 valence electrons. The van der Waals surface area contributed by atoms with E-state index in [1.807, 2.05) is 33.8 Å². The fourth-order valence-corrected chi connectivity index (χ4v) is 2.58. The number of carboxylic acids is 1. The average Bonchev–Trinajstić information content (AvgIpc) is 2.52. The summed E-state index contributed by atoms with van der Waals surface area (Å²) in [6.45, 7) is 7.59. The van der Waals surface area contributed by atoms with Crippen LogP contribution in [0.25, 0.3) is 0 Å². The normalized spacial score (nSPS) is 11.9. The van der Waals surface area contributed by atoms with Crippen LogP contribution in [-0.2, 0) is 4.79 Å². The van der Waals surface area contributed by atoms with Crippen molar-refractivity contribution in [1.82, 2.24) is 15.3 Å². The second-order valence-corrected chi connectivity index (χ2v) is 6.67. The summed E-state index contributed by atoms with van der Waals surface area (Å²) < 4.78 is 0. The highest BCUT2D eigenvalue weighted by Gasteiger charge is 2.21. The van der Waals surface area contributed by atoms with Gasteiger partial charge in [-0.25, -0.2) is 14.8 Å². The molecular formula is C19H24N4O3. The quantitative estimate of drug-likeness (QED) is 0.704. The first-order valence-electron chi connectivity index (χ1n) is 8.47. The lowest BCUT2D eigenvalue weighted by atomic mass is 10.0. The van der Waals surface area contributed by atoms with Crippen LogP contribution in [0.2, 0.25) is 0 Å². The third-order valence-corrected chi connectivity index (χ3v) is 3.67. The van der Waals surface area contributed by atoms with E-state index in [4.69, 9.17) is 0 Å². The molecule has 1 aromatic carbocycles. The minimum Gasteiger partial charge on any atom is -0.480 e. The summed E-state index contributed by atoms with van der Waals surface area (Å²) in [6.07, 6.45) is 0.370. The number of carboxylic acid groups (broad SMARTS) is 1. The van der Waals surface area contributed by atoms with Crippen LogP contribution in [0.4, 0.5) is 11.6 Å². The number of aliphatic carboxylic acids is 1. The van der Waals surface area contributed by atoms with Gasteiger partial charge in [-0.05, 0) is 50.5 Å². The van der Waals surface area contributed by atoms with Crippen LogP contribution in [0, 0.1) is 19.8 Å². The van der Waals surface area contributed by atoms with Crippen LogP contribution in [-0.4, -0.2) is 33.0 Å². The van der Waals surface area contributed by atoms with Gasteiger partial charge in [0.2, 0.25) is 5.95 Å². The van der Waals surface area contributed by atoms with E-state index >= 15 is 0 Å². The Morgan fingerprint density at radius 1 is 1.12 bits per heavy atom. The molecule has 0 saturated carbocycles. The number of anilines is 2. The standard InChI is InChI=1S/C19H24N4O3/c1-11(2)8-16(18(25)26)23-17(24)14-6-5-7-15(10-14)22-19-20-12(3)9-13(4)21-19/h5-7,9-11,16H,8H2,1-4H3,(H,23,24)(H,25,26)(H,20,21,22). The van der Waals surface area contributed by atoms with Gasteiger partial charge >= 0.3 is 5.97 Å². The minimum absolute atomic E-state index is 0.158. The Morgan fingerprint density at radius 2 is 1.77 bits per heavy atom. The van der Waals surface area contributed by atoms with E-state index in [1.165, 1.54) is 0 Å². The smallest absolute Gasteiger partial charge is 0.326 e. The molecule has 0 fully saturated rings. The highest BCUT2D eigenvalue weighted by molar-refractivity contribution is 5.97. The molecule has 1 unspecified atom stereocenters. The van der Waals surface area contributed by atoms with Crippen LogP contribution in [0.15, 0.2) is 30.3 Å². The lowest BCUT2D eigenvalue weighted by Gasteiger charge is -2.16. The maximum atomic E-state index is 12.4. The van der Waals surface area contributed by atoms with Gasteiger partial charge in [0.05, 0.1) is 0 Å². The van der Waals surface area contributed by atoms with Crippen LogP contribution >= 0.6 is 0 Å². The SMILES string of the molecule is Cc1cc(C)nc(Nc2cccc(C(=O)NC(CC(C)C)C(=O)O)c2)n1. The predicted octanol–water partition coefficient (Wildman–Crippen LogP) is 3.07. The average molecular weight is 356 g/mol. The Labute approximate surface area is 152 Å². The molecule has 0 aliphatic carbocycles. The Morgan fingerprint density at radius 3 is 2.35 bits per heavy atom. The van der Waals surface area contributed by atoms with Crippen molar-refractivity contribution in [2.75, 3.05) is 5.32 Å². The summed E-state index contributed by atoms with van der Waals surface area (Å²) in [5.74, 6) is -0.859. The molecule has 2 rings (SSSR count). The number of nitrogens with zero attached hydrogens (tertiary/aromatic N) is 2. The molecule has 1 aromatic heterocycles. The molecule has 7 heteroatoms. The summed E-state index contributed by atoms with van der Waals surface area (Å²) in [7, 11) is 0. The van der Waals surface area contributed by atoms with Gasteiger partial charge in [0, 0.05) is 22.6 Å². The van der Waals surface area contributed by atoms with Gasteiger partial charge in [-0.3, -0.25) is 4.79 Å². The third kappa shape index (κ3) is 5.54. The van der Waals surface area contributed by atoms with E-state index in [2.05, 4.69) is 20.6 Å². The van der Waals surface area contributed by atoms with Crippen molar-refractivity contribution in [2.24, 2.45) is 5.92 Å². The minimum atomic E-state index is -1.04. The zero-order chi connectivity index (χ0) is 19.3. The van der Waals surface area contributed by atoms with Crippen LogP contribution in [0.3, 0.4) is 0 Å². The second kappa shape index (κ2) is 8.42. The predicted molar refractivity (Wildman–Crippen MR) is 99.6 cm³/mol. The largest absolute Gasteiger partial charge is 0.480 e. The topological polar surface area (TPSA) is 104 Å². The molecule has 0 spiro atoms. The third-order valence-electron chi connectivity index (χ3n) is 3.67. The molecule has 1 atom stereocenters. The fourth-order valence-electron chi connectivity index (χ4n) is 2.58. The van der Waals surface area contributed by atoms with Crippen LogP contribution in [0.5, 0.6) is 0 Å². The van der Waals surface area contributed by atoms with E-state index in [0.717, 1.165) is 11.4 Å². The van der Waals surface area contributed by atoms with Crippen molar-refractivity contribution in [3.63, 3.8) is 0 Å². The van der Waals surface area contributed by atoms with Crippen molar-refractivity contribution in [3.8, 4) is 0 Å². The van der Waals surface area contributed by atoms with Crippen LogP contribution < -0.4 is 10.6 Å². The molecule has 26 heavy (non-hydrogen) atoms. The molecule has 0 saturated heterocycles. The van der Waals surface area contributed by atoms with Crippen molar-refractivity contribution >= 4 is 23.5 Å². The number of aryl methyl sites for hydroxylation is 2. The lowest BCUT2D eigenvalue weighted by Crippen LogP contribution is -2.41. The molecule has 3 N–H and O–H groups in total. The van der Waals surface area contributed by atoms with Gasteiger partial charge in [0.15, 0.2) is 0 Å². The highest BCUT2D eigenvalue weighted by atomic mass is 16.4. The Hall–Kier alpha value is -2.96. The molecule has 1 heterocycles. The van der Waals surface area contributed by atoms with Gasteiger partial charge in [0.25, 0.3) is 5.91 Å². The van der Waals surface area contributed by atoms with Crippen LogP contribution in [0.1, 0.15) is 42.0 Å². The van der Waals surface area contributed by atoms with Crippen molar-refractivity contribution in [2.45, 2.75) is 40.2 Å². The second-order valence-electron chi connectivity index (χ2n) is 6.67. The van der Waals surface area contributed by atoms with E-state index in [1.54, 1.807) is 24.3 Å². The number of rotatable bonds is 7. The fraction of sp³-hybridized carbons (Fsp3) is 0.368. The Kier molecular flexibility index (Phi) is 6.27. The number of nitrogens with one attached hydrogen (secondary N) is 2. The number of benzene rings is 1. The van der Waals surface area contributed by atoms with Crippen molar-refractivity contribution in [1.29, 1.82) is 0 Å². The van der Waals surface area contributed by atoms with E-state index in [0.29, 0.717) is 23.6 Å². The summed E-state index contributed by atoms with van der Waals surface area (Å²) in [5.41, 5.74) is 2.70. The van der Waals surface area contributed by atoms with Crippen molar-refractivity contribution < 1.29 is 14.7 Å². The molecule has 0 bridgehead atoms. The Balaban J connectivity index is 2.14. The summed E-state index contributed by atoms with van der Waals surface area (Å²) in [5, 5.41) is 14.9. The first-order valence-corrected chi connectivity index (χ1v) is 8.47. The van der Waals surface area contributed by atoms with E-state index < -0.39 is 17.9 Å². The summed E-state index contributed by atoms with van der Waals surface area (Å²) in [4.78, 5) is 32.4. The number of aromatic nitrogens is 2. The van der Waals surface area contributed by atoms with Gasteiger partial charge < -0.3 is 15.7 Å². The monoisotopic (exact) mass is 356 g/mol. The van der Waals surface area contributed by atoms with E-state index in [-0.39, 0.29) is 5.92 Å². The molecule has 0 radical (unpaired) electrons. The first-order chi connectivity index (χ1) is 12.2. The first kappa shape index (κ1) is 19.4. The molecule has 1 amide bonds. The number of amides is 1. The highest BCUT2D eigenvalue weighted by Crippen LogP contribution is 2.16. The maximum Gasteiger partial charge on any atom is 0.326 e. The molecular weight excluding hydrogens is 332 g/mol. The number of carbonyl (C=O) groups excluding carboxylic acids is 1. The van der Waals surface area contributed by atoms with Gasteiger partial charge in [0.1, 0.15) is 6.04 Å². The summed E-state index contributed by atoms with van der Waals surface area (Å²) >= 11 is 0. The molecule has 2 aromatic rings. The van der Waals surface area contributed by atoms with Crippen molar-refractivity contribution in [3.05, 3.63) is 47.3 Å².